The molecule has 0 unspecified atom stereocenters. The summed E-state index contributed by atoms with van der Waals surface area (Å²) in [5, 5.41) is 0. The molecule has 0 bridgehead atoms. The van der Waals surface area contributed by atoms with Gasteiger partial charge in [-0.3, -0.25) is 0 Å². The van der Waals surface area contributed by atoms with E-state index in [1.807, 2.05) is 0 Å². The molecule has 0 radical (unpaired) electrons. The summed E-state index contributed by atoms with van der Waals surface area (Å²) in [6.07, 6.45) is 9.92. The van der Waals surface area contributed by atoms with Crippen LogP contribution in [-0.2, 0) is 12.8 Å². The molecule has 0 heterocycles. The monoisotopic (exact) mass is 286 g/mol. The lowest BCUT2D eigenvalue weighted by Gasteiger charge is -2.06. The molecule has 0 heteroatoms. The first-order valence-electron chi connectivity index (χ1n) is 8.34. The number of benzene rings is 2. The second-order valence-corrected chi connectivity index (χ2v) is 6.71. The standard InChI is InChI=1S/C22H22/c1-3-7-17(8-4-1)11-19-13-21-15-20(16-22(21)14-19)12-18-9-5-2-6-10-18/h1-10,13,16,21-22H,11-12,14-15H2/t21-,22+/m1/s1. The van der Waals surface area contributed by atoms with E-state index in [-0.39, 0.29) is 0 Å². The Hall–Kier alpha value is -2.08. The Morgan fingerprint density at radius 1 is 0.591 bits per heavy atom. The van der Waals surface area contributed by atoms with E-state index < -0.39 is 0 Å². The molecular formula is C22H22. The summed E-state index contributed by atoms with van der Waals surface area (Å²) in [4.78, 5) is 0. The van der Waals surface area contributed by atoms with Gasteiger partial charge in [0.25, 0.3) is 0 Å². The Balaban J connectivity index is 1.38. The highest BCUT2D eigenvalue weighted by atomic mass is 14.4. The van der Waals surface area contributed by atoms with Crippen molar-refractivity contribution < 1.29 is 0 Å². The van der Waals surface area contributed by atoms with Crippen LogP contribution in [-0.4, -0.2) is 0 Å². The summed E-state index contributed by atoms with van der Waals surface area (Å²) in [7, 11) is 0. The molecule has 2 aromatic carbocycles. The fraction of sp³-hybridized carbons (Fsp3) is 0.273. The SMILES string of the molecule is C1=C(Cc2ccccc2)C[C@H]2C=C(Cc3ccccc3)C[C@@H]12. The Morgan fingerprint density at radius 2 is 1.00 bits per heavy atom. The van der Waals surface area contributed by atoms with Crippen molar-refractivity contribution in [3.8, 4) is 0 Å². The van der Waals surface area contributed by atoms with Crippen LogP contribution < -0.4 is 0 Å². The minimum atomic E-state index is 0.762. The maximum absolute atomic E-state index is 2.56. The molecule has 0 saturated heterocycles. The molecule has 0 fully saturated rings. The van der Waals surface area contributed by atoms with Crippen LogP contribution in [0, 0.1) is 11.8 Å². The first kappa shape index (κ1) is 13.6. The molecule has 0 N–H and O–H groups in total. The fourth-order valence-electron chi connectivity index (χ4n) is 3.99. The van der Waals surface area contributed by atoms with E-state index in [0.717, 1.165) is 24.7 Å². The van der Waals surface area contributed by atoms with Crippen molar-refractivity contribution in [3.05, 3.63) is 95.1 Å². The number of fused-ring (bicyclic) bond motifs is 1. The van der Waals surface area contributed by atoms with E-state index in [1.165, 1.54) is 24.0 Å². The molecule has 0 saturated carbocycles. The largest absolute Gasteiger partial charge is 0.0809 e. The molecule has 2 aliphatic carbocycles. The van der Waals surface area contributed by atoms with Crippen LogP contribution in [0.4, 0.5) is 0 Å². The predicted octanol–water partition coefficient (Wildman–Crippen LogP) is 5.36. The van der Waals surface area contributed by atoms with Gasteiger partial charge in [-0.05, 0) is 48.6 Å². The van der Waals surface area contributed by atoms with Crippen LogP contribution >= 0.6 is 0 Å². The minimum Gasteiger partial charge on any atom is -0.0809 e. The molecule has 2 aliphatic rings. The van der Waals surface area contributed by atoms with Gasteiger partial charge in [0, 0.05) is 0 Å². The summed E-state index contributed by atoms with van der Waals surface area (Å²) in [5.41, 5.74) is 6.16. The third-order valence-electron chi connectivity index (χ3n) is 4.99. The lowest BCUT2D eigenvalue weighted by atomic mass is 9.98. The van der Waals surface area contributed by atoms with Gasteiger partial charge in [0.2, 0.25) is 0 Å². The Kier molecular flexibility index (Phi) is 3.68. The Morgan fingerprint density at radius 3 is 1.41 bits per heavy atom. The van der Waals surface area contributed by atoms with Crippen molar-refractivity contribution in [1.29, 1.82) is 0 Å². The van der Waals surface area contributed by atoms with E-state index >= 15 is 0 Å². The van der Waals surface area contributed by atoms with Crippen LogP contribution in [0.25, 0.3) is 0 Å². The van der Waals surface area contributed by atoms with Crippen LogP contribution in [0.2, 0.25) is 0 Å². The zero-order valence-corrected chi connectivity index (χ0v) is 12.9. The van der Waals surface area contributed by atoms with Crippen molar-refractivity contribution >= 4 is 0 Å². The second kappa shape index (κ2) is 5.96. The Bertz CT molecular complexity index is 628. The summed E-state index contributed by atoms with van der Waals surface area (Å²) in [6, 6.07) is 21.7. The third-order valence-corrected chi connectivity index (χ3v) is 4.99. The van der Waals surface area contributed by atoms with E-state index in [9.17, 15) is 0 Å². The molecule has 2 atom stereocenters. The molecular weight excluding hydrogens is 264 g/mol. The summed E-state index contributed by atoms with van der Waals surface area (Å²) < 4.78 is 0. The van der Waals surface area contributed by atoms with Gasteiger partial charge in [-0.2, -0.15) is 0 Å². The fourth-order valence-corrected chi connectivity index (χ4v) is 3.99. The van der Waals surface area contributed by atoms with Crippen molar-refractivity contribution in [2.24, 2.45) is 11.8 Å². The molecule has 110 valence electrons. The van der Waals surface area contributed by atoms with Crippen LogP contribution in [0.3, 0.4) is 0 Å². The first-order chi connectivity index (χ1) is 10.9. The quantitative estimate of drug-likeness (QED) is 0.663. The zero-order valence-electron chi connectivity index (χ0n) is 12.9. The minimum absolute atomic E-state index is 0.762. The number of rotatable bonds is 4. The topological polar surface area (TPSA) is 0 Å². The van der Waals surface area contributed by atoms with Gasteiger partial charge in [0.1, 0.15) is 0 Å². The highest BCUT2D eigenvalue weighted by Crippen LogP contribution is 2.43. The van der Waals surface area contributed by atoms with Gasteiger partial charge >= 0.3 is 0 Å². The van der Waals surface area contributed by atoms with Crippen molar-refractivity contribution in [2.45, 2.75) is 25.7 Å². The van der Waals surface area contributed by atoms with Gasteiger partial charge in [0.15, 0.2) is 0 Å². The van der Waals surface area contributed by atoms with Crippen LogP contribution in [0.15, 0.2) is 84.0 Å². The maximum atomic E-state index is 2.56. The normalized spacial score (nSPS) is 23.1. The molecule has 2 aromatic rings. The highest BCUT2D eigenvalue weighted by Gasteiger charge is 2.31. The number of allylic oxidation sites excluding steroid dienone is 4. The smallest absolute Gasteiger partial charge is 0.00668 e. The van der Waals surface area contributed by atoms with Crippen LogP contribution in [0.1, 0.15) is 24.0 Å². The van der Waals surface area contributed by atoms with Crippen LogP contribution in [0.5, 0.6) is 0 Å². The second-order valence-electron chi connectivity index (χ2n) is 6.71. The third kappa shape index (κ3) is 2.92. The molecule has 0 aliphatic heterocycles. The average Bonchev–Trinajstić information content (AvgIpc) is 3.07. The molecule has 0 nitrogen and oxygen atoms in total. The van der Waals surface area contributed by atoms with E-state index in [2.05, 4.69) is 72.8 Å². The van der Waals surface area contributed by atoms with Crippen molar-refractivity contribution in [2.75, 3.05) is 0 Å². The molecule has 0 spiro atoms. The van der Waals surface area contributed by atoms with E-state index in [0.29, 0.717) is 0 Å². The average molecular weight is 286 g/mol. The lowest BCUT2D eigenvalue weighted by molar-refractivity contribution is 0.543. The van der Waals surface area contributed by atoms with Gasteiger partial charge in [-0.15, -0.1) is 0 Å². The number of hydrogen-bond donors (Lipinski definition) is 0. The van der Waals surface area contributed by atoms with Gasteiger partial charge in [-0.1, -0.05) is 84.0 Å². The van der Waals surface area contributed by atoms with E-state index in [4.69, 9.17) is 0 Å². The summed E-state index contributed by atoms with van der Waals surface area (Å²) >= 11 is 0. The van der Waals surface area contributed by atoms with E-state index in [1.54, 1.807) is 11.1 Å². The zero-order chi connectivity index (χ0) is 14.8. The summed E-state index contributed by atoms with van der Waals surface area (Å²) in [6.45, 7) is 0. The molecule has 4 rings (SSSR count). The lowest BCUT2D eigenvalue weighted by Crippen LogP contribution is -1.97. The predicted molar refractivity (Wildman–Crippen MR) is 92.7 cm³/mol. The molecule has 0 aromatic heterocycles. The van der Waals surface area contributed by atoms with Gasteiger partial charge in [0.05, 0.1) is 0 Å². The molecule has 22 heavy (non-hydrogen) atoms. The van der Waals surface area contributed by atoms with Crippen molar-refractivity contribution in [1.82, 2.24) is 0 Å². The maximum Gasteiger partial charge on any atom is -0.00668 e. The van der Waals surface area contributed by atoms with Gasteiger partial charge in [-0.25, -0.2) is 0 Å². The summed E-state index contributed by atoms with van der Waals surface area (Å²) in [5.74, 6) is 1.52. The first-order valence-corrected chi connectivity index (χ1v) is 8.34. The van der Waals surface area contributed by atoms with Crippen molar-refractivity contribution in [3.63, 3.8) is 0 Å². The highest BCUT2D eigenvalue weighted by molar-refractivity contribution is 5.33. The number of hydrogen-bond acceptors (Lipinski definition) is 0. The molecule has 0 amide bonds. The Labute approximate surface area is 133 Å². The van der Waals surface area contributed by atoms with Gasteiger partial charge < -0.3 is 0 Å².